The monoisotopic (exact) mass is 166 g/mol. The third kappa shape index (κ3) is 2.36. The molecule has 12 heavy (non-hydrogen) atoms. The van der Waals surface area contributed by atoms with Crippen LogP contribution in [0.1, 0.15) is 6.42 Å². The van der Waals surface area contributed by atoms with Crippen LogP contribution in [0.15, 0.2) is 12.2 Å². The van der Waals surface area contributed by atoms with E-state index in [-0.39, 0.29) is 11.9 Å². The summed E-state index contributed by atoms with van der Waals surface area (Å²) < 4.78 is 10.4. The number of rotatable bonds is 3. The van der Waals surface area contributed by atoms with E-state index in [0.29, 0.717) is 12.5 Å². The lowest BCUT2D eigenvalue weighted by atomic mass is 9.75. The van der Waals surface area contributed by atoms with Gasteiger partial charge in [0, 0.05) is 20.1 Å². The molecular formula is C9H15BO2. The van der Waals surface area contributed by atoms with Gasteiger partial charge in [0.15, 0.2) is 0 Å². The Labute approximate surface area is 75.3 Å². The summed E-state index contributed by atoms with van der Waals surface area (Å²) in [6.07, 6.45) is 5.22. The standard InChI is InChI=1S/C9H15BO2/c1-11-6-7-3-4-8(10)5-9(7)12-2/h3-4,7-9H,5-6H2,1-2H3/t7?,8-,9?/m0/s1. The Balaban J connectivity index is 2.52. The van der Waals surface area contributed by atoms with Gasteiger partial charge in [-0.3, -0.25) is 0 Å². The van der Waals surface area contributed by atoms with E-state index in [1.807, 2.05) is 6.08 Å². The van der Waals surface area contributed by atoms with Crippen molar-refractivity contribution in [1.82, 2.24) is 0 Å². The summed E-state index contributed by atoms with van der Waals surface area (Å²) in [4.78, 5) is 0. The molecule has 0 aromatic carbocycles. The van der Waals surface area contributed by atoms with Crippen molar-refractivity contribution in [2.24, 2.45) is 5.92 Å². The van der Waals surface area contributed by atoms with Gasteiger partial charge < -0.3 is 9.47 Å². The van der Waals surface area contributed by atoms with Gasteiger partial charge >= 0.3 is 0 Å². The lowest BCUT2D eigenvalue weighted by Crippen LogP contribution is -2.29. The Morgan fingerprint density at radius 2 is 2.17 bits per heavy atom. The summed E-state index contributed by atoms with van der Waals surface area (Å²) in [5, 5.41) is 0. The maximum atomic E-state index is 5.75. The van der Waals surface area contributed by atoms with Crippen LogP contribution >= 0.6 is 0 Å². The van der Waals surface area contributed by atoms with E-state index in [4.69, 9.17) is 17.3 Å². The molecule has 0 heterocycles. The van der Waals surface area contributed by atoms with Crippen molar-refractivity contribution >= 4 is 7.85 Å². The van der Waals surface area contributed by atoms with Crippen LogP contribution in [-0.4, -0.2) is 34.8 Å². The smallest absolute Gasteiger partial charge is 0.0756 e. The highest BCUT2D eigenvalue weighted by Gasteiger charge is 2.23. The summed E-state index contributed by atoms with van der Waals surface area (Å²) in [5.41, 5.74) is 0. The van der Waals surface area contributed by atoms with E-state index >= 15 is 0 Å². The van der Waals surface area contributed by atoms with Crippen LogP contribution < -0.4 is 0 Å². The van der Waals surface area contributed by atoms with Gasteiger partial charge in [0.1, 0.15) is 0 Å². The lowest BCUT2D eigenvalue weighted by molar-refractivity contribution is 0.0253. The normalized spacial score (nSPS) is 35.3. The average molecular weight is 166 g/mol. The van der Waals surface area contributed by atoms with Crippen LogP contribution in [0.25, 0.3) is 0 Å². The molecule has 0 aliphatic heterocycles. The van der Waals surface area contributed by atoms with Gasteiger partial charge in [-0.2, -0.15) is 0 Å². The Kier molecular flexibility index (Phi) is 3.82. The molecule has 0 bridgehead atoms. The van der Waals surface area contributed by atoms with Crippen LogP contribution in [0.3, 0.4) is 0 Å². The quantitative estimate of drug-likeness (QED) is 0.463. The molecule has 2 nitrogen and oxygen atoms in total. The van der Waals surface area contributed by atoms with Crippen molar-refractivity contribution in [3.63, 3.8) is 0 Å². The van der Waals surface area contributed by atoms with E-state index in [9.17, 15) is 0 Å². The first kappa shape index (κ1) is 9.81. The second-order valence-corrected chi connectivity index (χ2v) is 3.18. The van der Waals surface area contributed by atoms with Crippen molar-refractivity contribution < 1.29 is 9.47 Å². The Morgan fingerprint density at radius 3 is 2.75 bits per heavy atom. The van der Waals surface area contributed by atoms with Crippen molar-refractivity contribution in [2.75, 3.05) is 20.8 Å². The van der Waals surface area contributed by atoms with Crippen molar-refractivity contribution in [2.45, 2.75) is 18.3 Å². The predicted octanol–water partition coefficient (Wildman–Crippen LogP) is 1.18. The minimum Gasteiger partial charge on any atom is -0.384 e. The van der Waals surface area contributed by atoms with E-state index in [1.54, 1.807) is 14.2 Å². The van der Waals surface area contributed by atoms with Crippen molar-refractivity contribution in [3.05, 3.63) is 12.2 Å². The third-order valence-electron chi connectivity index (χ3n) is 2.25. The van der Waals surface area contributed by atoms with Crippen LogP contribution in [0.4, 0.5) is 0 Å². The highest BCUT2D eigenvalue weighted by Crippen LogP contribution is 2.26. The molecule has 0 amide bonds. The zero-order chi connectivity index (χ0) is 8.97. The fourth-order valence-corrected chi connectivity index (χ4v) is 1.56. The molecular weight excluding hydrogens is 151 g/mol. The minimum atomic E-state index is 0.142. The zero-order valence-corrected chi connectivity index (χ0v) is 7.69. The number of methoxy groups -OCH3 is 2. The zero-order valence-electron chi connectivity index (χ0n) is 7.69. The largest absolute Gasteiger partial charge is 0.384 e. The Hall–Kier alpha value is -0.275. The van der Waals surface area contributed by atoms with Crippen LogP contribution in [0, 0.1) is 5.92 Å². The van der Waals surface area contributed by atoms with Gasteiger partial charge in [-0.15, -0.1) is 0 Å². The predicted molar refractivity (Wildman–Crippen MR) is 49.4 cm³/mol. The molecule has 0 saturated heterocycles. The minimum absolute atomic E-state index is 0.142. The highest BCUT2D eigenvalue weighted by atomic mass is 16.5. The van der Waals surface area contributed by atoms with E-state index < -0.39 is 0 Å². The van der Waals surface area contributed by atoms with Gasteiger partial charge in [0.05, 0.1) is 20.6 Å². The first-order valence-corrected chi connectivity index (χ1v) is 4.23. The molecule has 3 atom stereocenters. The maximum Gasteiger partial charge on any atom is 0.0756 e. The van der Waals surface area contributed by atoms with Crippen LogP contribution in [0.5, 0.6) is 0 Å². The van der Waals surface area contributed by atoms with E-state index in [2.05, 4.69) is 6.08 Å². The van der Waals surface area contributed by atoms with Gasteiger partial charge in [-0.1, -0.05) is 18.0 Å². The summed E-state index contributed by atoms with van der Waals surface area (Å²) in [6.45, 7) is 0.710. The molecule has 2 radical (unpaired) electrons. The van der Waals surface area contributed by atoms with Crippen LogP contribution in [-0.2, 0) is 9.47 Å². The van der Waals surface area contributed by atoms with Gasteiger partial charge in [-0.25, -0.2) is 0 Å². The SMILES string of the molecule is [B][C@H]1C=CC(COC)C(OC)C1. The summed E-state index contributed by atoms with van der Waals surface area (Å²) in [7, 11) is 9.18. The fourth-order valence-electron chi connectivity index (χ4n) is 1.56. The molecule has 1 rings (SSSR count). The molecule has 1 aliphatic carbocycles. The number of hydrogen-bond acceptors (Lipinski definition) is 2. The first-order valence-electron chi connectivity index (χ1n) is 4.23. The van der Waals surface area contributed by atoms with E-state index in [1.165, 1.54) is 0 Å². The molecule has 1 aliphatic rings. The fraction of sp³-hybridized carbons (Fsp3) is 0.778. The first-order chi connectivity index (χ1) is 5.77. The molecule has 0 aromatic rings. The van der Waals surface area contributed by atoms with Crippen LogP contribution in [0.2, 0.25) is 5.82 Å². The number of hydrogen-bond donors (Lipinski definition) is 0. The lowest BCUT2D eigenvalue weighted by Gasteiger charge is -2.29. The number of allylic oxidation sites excluding steroid dienone is 1. The molecule has 0 N–H and O–H groups in total. The highest BCUT2D eigenvalue weighted by molar-refractivity contribution is 6.13. The third-order valence-corrected chi connectivity index (χ3v) is 2.25. The molecule has 0 aromatic heterocycles. The second-order valence-electron chi connectivity index (χ2n) is 3.18. The molecule has 0 spiro atoms. The summed E-state index contributed by atoms with van der Waals surface area (Å²) in [6, 6.07) is 0. The van der Waals surface area contributed by atoms with Gasteiger partial charge in [-0.05, 0) is 6.42 Å². The molecule has 3 heteroatoms. The van der Waals surface area contributed by atoms with Crippen molar-refractivity contribution in [3.8, 4) is 0 Å². The molecule has 0 fully saturated rings. The van der Waals surface area contributed by atoms with Crippen molar-refractivity contribution in [1.29, 1.82) is 0 Å². The van der Waals surface area contributed by atoms with Gasteiger partial charge in [0.25, 0.3) is 0 Å². The Bertz CT molecular complexity index is 159. The summed E-state index contributed by atoms with van der Waals surface area (Å²) >= 11 is 0. The molecule has 66 valence electrons. The Morgan fingerprint density at radius 1 is 1.42 bits per heavy atom. The number of ether oxygens (including phenoxy) is 2. The maximum absolute atomic E-state index is 5.75. The van der Waals surface area contributed by atoms with Gasteiger partial charge in [0.2, 0.25) is 0 Å². The average Bonchev–Trinajstić information content (AvgIpc) is 2.08. The topological polar surface area (TPSA) is 18.5 Å². The van der Waals surface area contributed by atoms with E-state index in [0.717, 1.165) is 6.42 Å². The second kappa shape index (κ2) is 4.68. The molecule has 2 unspecified atom stereocenters. The molecule has 0 saturated carbocycles. The summed E-state index contributed by atoms with van der Waals surface area (Å²) in [5.74, 6) is 0.503.